The smallest absolute Gasteiger partial charge is 0.411 e. The molecular weight excluding hydrogens is 955 g/mol. The molecule has 8 aromatic carbocycles. The molecule has 5 N–H and O–H groups in total. The van der Waals surface area contributed by atoms with Crippen LogP contribution in [0.5, 0.6) is 0 Å². The Hall–Kier alpha value is -8.75. The maximum Gasteiger partial charge on any atom is 0.411 e. The van der Waals surface area contributed by atoms with Crippen LogP contribution in [0.15, 0.2) is 185 Å². The van der Waals surface area contributed by atoms with Crippen molar-refractivity contribution in [3.05, 3.63) is 205 Å². The van der Waals surface area contributed by atoms with Gasteiger partial charge in [0.1, 0.15) is 16.9 Å². The van der Waals surface area contributed by atoms with Crippen LogP contribution in [-0.2, 0) is 53.3 Å². The van der Waals surface area contributed by atoms with Gasteiger partial charge in [0.25, 0.3) is 10.1 Å². The van der Waals surface area contributed by atoms with Gasteiger partial charge in [0.15, 0.2) is 5.36 Å². The van der Waals surface area contributed by atoms with Crippen LogP contribution in [0, 0.1) is 0 Å². The highest BCUT2D eigenvalue weighted by atomic mass is 32.2. The highest BCUT2D eigenvalue weighted by Crippen LogP contribution is 2.34. The minimum Gasteiger partial charge on any atom is -0.444 e. The van der Waals surface area contributed by atoms with Gasteiger partial charge in [0.05, 0.1) is 34.8 Å². The summed E-state index contributed by atoms with van der Waals surface area (Å²) in [6, 6.07) is 39.6. The van der Waals surface area contributed by atoms with Crippen molar-refractivity contribution >= 4 is 90.4 Å². The van der Waals surface area contributed by atoms with Crippen molar-refractivity contribution in [1.82, 2.24) is 0 Å². The number of anilines is 3. The zero-order valence-electron chi connectivity index (χ0n) is 36.6. The van der Waals surface area contributed by atoms with Crippen LogP contribution < -0.4 is 37.7 Å². The van der Waals surface area contributed by atoms with E-state index in [1.54, 1.807) is 103 Å². The van der Waals surface area contributed by atoms with Crippen LogP contribution in [0.25, 0.3) is 21.5 Å². The van der Waals surface area contributed by atoms with E-state index in [1.807, 2.05) is 24.3 Å². The molecule has 0 atom stereocenters. The summed E-state index contributed by atoms with van der Waals surface area (Å²) < 4.78 is 44.1. The molecule has 71 heavy (non-hydrogen) atoms. The van der Waals surface area contributed by atoms with Gasteiger partial charge in [-0.3, -0.25) is 30.3 Å². The molecule has 8 aromatic rings. The average Bonchev–Trinajstić information content (AvgIpc) is 3.37. The fourth-order valence-electron chi connectivity index (χ4n) is 7.54. The van der Waals surface area contributed by atoms with E-state index in [9.17, 15) is 36.9 Å². The summed E-state index contributed by atoms with van der Waals surface area (Å²) >= 11 is 0.741. The Morgan fingerprint density at radius 1 is 0.648 bits per heavy atom. The lowest BCUT2D eigenvalue weighted by Crippen LogP contribution is -2.50. The molecule has 0 bridgehead atoms. The number of aliphatic imine (C=N–C) groups is 2. The van der Waals surface area contributed by atoms with Crippen molar-refractivity contribution in [2.75, 3.05) is 16.2 Å². The quantitative estimate of drug-likeness (QED) is 0.0144. The number of carbonyl (C=O) groups is 1. The third kappa shape index (κ3) is 11.8. The minimum atomic E-state index is -4.60. The summed E-state index contributed by atoms with van der Waals surface area (Å²) in [5.74, 6) is 0. The molecular formula is C50H35N7O12S2. The third-order valence-corrected chi connectivity index (χ3v) is 12.4. The van der Waals surface area contributed by atoms with Crippen molar-refractivity contribution in [2.45, 2.75) is 29.2 Å². The van der Waals surface area contributed by atoms with Gasteiger partial charge in [-0.15, -0.1) is 4.33 Å². The number of ether oxygens (including phenoxy) is 1. The van der Waals surface area contributed by atoms with Gasteiger partial charge in [-0.1, -0.05) is 90.0 Å². The molecule has 0 saturated heterocycles. The van der Waals surface area contributed by atoms with Crippen molar-refractivity contribution < 1.29 is 46.7 Å². The number of rotatable bonds is 17. The molecule has 0 aliphatic rings. The standard InChI is InChI=1S/C50H35N7O12S2/c58-28-51-35-14-9-31(10-15-35)24-33-25-32(13-18-41(33)52-29-59)23-30-11-16-36(17-12-30)53-50(62)67-27-34-26-44(56-54-43-20-22-46(71(64,65)66)40-8-4-2-6-38(40)43)49(61)47(48(34)60)57-55-42-19-21-45(70-69-68-63)39-7-3-1-5-37(39)42/h1-22,25-26,54-55,63H,23-24,27H2,(H,53,62)(H,64,65,66). The topological polar surface area (TPSA) is 273 Å². The van der Waals surface area contributed by atoms with E-state index < -0.39 is 39.0 Å². The molecule has 1 amide bonds. The van der Waals surface area contributed by atoms with Crippen LogP contribution in [0.2, 0.25) is 0 Å². The van der Waals surface area contributed by atoms with Gasteiger partial charge in [0, 0.05) is 32.3 Å². The summed E-state index contributed by atoms with van der Waals surface area (Å²) in [4.78, 5) is 70.5. The van der Waals surface area contributed by atoms with Gasteiger partial charge < -0.3 is 4.74 Å². The summed E-state index contributed by atoms with van der Waals surface area (Å²) in [6.45, 7) is -0.620. The van der Waals surface area contributed by atoms with E-state index in [4.69, 9.17) is 9.99 Å². The van der Waals surface area contributed by atoms with E-state index >= 15 is 0 Å². The molecule has 0 unspecified atom stereocenters. The first-order valence-electron chi connectivity index (χ1n) is 20.9. The monoisotopic (exact) mass is 989 g/mol. The Balaban J connectivity index is 1.03. The molecule has 0 saturated carbocycles. The first-order chi connectivity index (χ1) is 34.4. The number of fused-ring (bicyclic) bond motifs is 2. The molecule has 8 rings (SSSR count). The first-order valence-corrected chi connectivity index (χ1v) is 23.1. The number of benzene rings is 8. The summed E-state index contributed by atoms with van der Waals surface area (Å²) in [7, 11) is -4.60. The van der Waals surface area contributed by atoms with Crippen LogP contribution in [0.4, 0.5) is 33.2 Å². The number of nitrogens with one attached hydrogen (secondary N) is 3. The third-order valence-electron chi connectivity index (χ3n) is 10.8. The fraction of sp³-hybridized carbons (Fsp3) is 0.0600. The first kappa shape index (κ1) is 48.7. The lowest BCUT2D eigenvalue weighted by molar-refractivity contribution is -0.432. The Kier molecular flexibility index (Phi) is 15.2. The molecule has 0 fully saturated rings. The summed E-state index contributed by atoms with van der Waals surface area (Å²) in [6.07, 6.45) is 3.11. The Labute approximate surface area is 405 Å². The molecule has 0 aromatic heterocycles. The number of isocyanates is 2. The maximum atomic E-state index is 14.0. The predicted molar refractivity (Wildman–Crippen MR) is 262 cm³/mol. The van der Waals surface area contributed by atoms with Crippen molar-refractivity contribution in [2.24, 2.45) is 20.2 Å². The second kappa shape index (κ2) is 22.1. The van der Waals surface area contributed by atoms with Crippen LogP contribution >= 0.6 is 12.0 Å². The Bertz CT molecular complexity index is 3800. The summed E-state index contributed by atoms with van der Waals surface area (Å²) in [5, 5.41) is 24.3. The van der Waals surface area contributed by atoms with E-state index in [0.717, 1.165) is 40.4 Å². The lowest BCUT2D eigenvalue weighted by atomic mass is 9.97. The molecule has 0 aliphatic heterocycles. The van der Waals surface area contributed by atoms with Crippen LogP contribution in [-0.4, -0.2) is 36.5 Å². The zero-order chi connectivity index (χ0) is 49.9. The van der Waals surface area contributed by atoms with Gasteiger partial charge in [-0.2, -0.15) is 28.6 Å². The second-order valence-electron chi connectivity index (χ2n) is 15.3. The minimum absolute atomic E-state index is 0.171. The number of carbonyl (C=O) groups excluding carboxylic acids is 3. The maximum absolute atomic E-state index is 14.0. The van der Waals surface area contributed by atoms with Gasteiger partial charge in [-0.05, 0) is 101 Å². The van der Waals surface area contributed by atoms with Crippen molar-refractivity contribution in [1.29, 1.82) is 0 Å². The fourth-order valence-corrected chi connectivity index (χ4v) is 8.73. The Morgan fingerprint density at radius 3 is 1.96 bits per heavy atom. The number of amides is 1. The SMILES string of the molecule is O=C=Nc1ccc(Cc2cc(Cc3ccc(NC(=O)OCc4cc(=NNc5ccc(S(=O)(=O)O)c6ccccc56)c(=O)c(=NNc5ccc(SOOO)c6ccccc56)c4=O)cc3)ccc2N=C=O)cc1. The molecule has 0 heterocycles. The van der Waals surface area contributed by atoms with E-state index in [0.29, 0.717) is 56.6 Å². The predicted octanol–water partition coefficient (Wildman–Crippen LogP) is 7.98. The van der Waals surface area contributed by atoms with Crippen molar-refractivity contribution in [3.8, 4) is 0 Å². The van der Waals surface area contributed by atoms with Crippen LogP contribution in [0.1, 0.15) is 27.8 Å². The molecule has 0 spiro atoms. The van der Waals surface area contributed by atoms with E-state index in [2.05, 4.69) is 45.7 Å². The second-order valence-corrected chi connectivity index (χ2v) is 17.4. The average molecular weight is 990 g/mol. The molecule has 21 heteroatoms. The number of hydrogen-bond acceptors (Lipinski definition) is 18. The summed E-state index contributed by atoms with van der Waals surface area (Å²) in [5.41, 5.74) is 8.99. The van der Waals surface area contributed by atoms with Crippen LogP contribution in [0.3, 0.4) is 0 Å². The number of nitrogens with zero attached hydrogens (tertiary/aromatic N) is 4. The highest BCUT2D eigenvalue weighted by Gasteiger charge is 2.17. The molecule has 0 radical (unpaired) electrons. The van der Waals surface area contributed by atoms with E-state index in [-0.39, 0.29) is 26.9 Å². The number of hydrogen-bond donors (Lipinski definition) is 5. The Morgan fingerprint density at radius 2 is 1.27 bits per heavy atom. The normalized spacial score (nSPS) is 11.7. The lowest BCUT2D eigenvalue weighted by Gasteiger charge is -2.10. The van der Waals surface area contributed by atoms with Crippen molar-refractivity contribution in [3.63, 3.8) is 0 Å². The van der Waals surface area contributed by atoms with Gasteiger partial charge >= 0.3 is 6.09 Å². The van der Waals surface area contributed by atoms with Gasteiger partial charge in [0.2, 0.25) is 23.0 Å². The molecule has 19 nitrogen and oxygen atoms in total. The largest absolute Gasteiger partial charge is 0.444 e. The zero-order valence-corrected chi connectivity index (χ0v) is 38.2. The molecule has 354 valence electrons. The van der Waals surface area contributed by atoms with E-state index in [1.165, 1.54) is 24.3 Å². The van der Waals surface area contributed by atoms with Gasteiger partial charge in [-0.25, -0.2) is 19.6 Å². The molecule has 0 aliphatic carbocycles. The highest BCUT2D eigenvalue weighted by molar-refractivity contribution is 7.94.